The van der Waals surface area contributed by atoms with Crippen molar-refractivity contribution in [2.45, 2.75) is 4.21 Å². The van der Waals surface area contributed by atoms with Gasteiger partial charge in [-0.2, -0.15) is 0 Å². The molecular weight excluding hydrogens is 322 g/mol. The number of hydrogen-bond acceptors (Lipinski definition) is 4. The molecule has 0 saturated heterocycles. The van der Waals surface area contributed by atoms with Crippen LogP contribution in [0.5, 0.6) is 0 Å². The minimum atomic E-state index is -3.91. The molecule has 0 amide bonds. The molecule has 9 heteroatoms. The van der Waals surface area contributed by atoms with Gasteiger partial charge in [-0.15, -0.1) is 0 Å². The van der Waals surface area contributed by atoms with Crippen molar-refractivity contribution in [1.29, 1.82) is 0 Å². The summed E-state index contributed by atoms with van der Waals surface area (Å²) in [6, 6.07) is 3.56. The van der Waals surface area contributed by atoms with E-state index in [0.29, 0.717) is 0 Å². The third-order valence-electron chi connectivity index (χ3n) is 1.89. The summed E-state index contributed by atoms with van der Waals surface area (Å²) in [4.78, 5) is 3.61. The van der Waals surface area contributed by atoms with Crippen LogP contribution < -0.4 is 4.72 Å². The van der Waals surface area contributed by atoms with E-state index in [1.807, 2.05) is 0 Å². The third kappa shape index (κ3) is 2.92. The summed E-state index contributed by atoms with van der Waals surface area (Å²) in [5.74, 6) is -0.724. The van der Waals surface area contributed by atoms with E-state index in [0.717, 1.165) is 23.6 Å². The van der Waals surface area contributed by atoms with Gasteiger partial charge in [0.05, 0.1) is 11.9 Å². The van der Waals surface area contributed by atoms with Gasteiger partial charge in [0.1, 0.15) is 5.82 Å². The van der Waals surface area contributed by atoms with E-state index >= 15 is 0 Å². The summed E-state index contributed by atoms with van der Waals surface area (Å²) in [6.45, 7) is 0. The molecule has 2 aromatic rings. The molecule has 0 fully saturated rings. The number of halogens is 3. The summed E-state index contributed by atoms with van der Waals surface area (Å²) < 4.78 is 39.2. The SMILES string of the molecule is O=S(=O)(Nc1cc(Cl)ccc1F)c1cnc(Cl)s1. The van der Waals surface area contributed by atoms with Crippen molar-refractivity contribution in [1.82, 2.24) is 4.98 Å². The lowest BCUT2D eigenvalue weighted by Crippen LogP contribution is -2.12. The van der Waals surface area contributed by atoms with Gasteiger partial charge in [-0.1, -0.05) is 34.5 Å². The quantitative estimate of drug-likeness (QED) is 0.940. The summed E-state index contributed by atoms with van der Waals surface area (Å²) in [6.07, 6.45) is 1.10. The van der Waals surface area contributed by atoms with Crippen LogP contribution in [0.25, 0.3) is 0 Å². The Hall–Kier alpha value is -0.890. The van der Waals surface area contributed by atoms with E-state index in [9.17, 15) is 12.8 Å². The highest BCUT2D eigenvalue weighted by Crippen LogP contribution is 2.26. The largest absolute Gasteiger partial charge is 0.276 e. The number of thiazole rings is 1. The normalized spacial score (nSPS) is 11.5. The first-order valence-electron chi connectivity index (χ1n) is 4.48. The maximum Gasteiger partial charge on any atom is 0.273 e. The van der Waals surface area contributed by atoms with E-state index in [1.165, 1.54) is 12.1 Å². The van der Waals surface area contributed by atoms with E-state index in [1.54, 1.807) is 0 Å². The van der Waals surface area contributed by atoms with Gasteiger partial charge in [-0.25, -0.2) is 17.8 Å². The maximum atomic E-state index is 13.4. The second-order valence-corrected chi connectivity index (χ2v) is 7.12. The van der Waals surface area contributed by atoms with Crippen molar-refractivity contribution in [2.75, 3.05) is 4.72 Å². The highest BCUT2D eigenvalue weighted by atomic mass is 35.5. The molecule has 1 aromatic carbocycles. The van der Waals surface area contributed by atoms with Crippen molar-refractivity contribution < 1.29 is 12.8 Å². The number of nitrogens with zero attached hydrogens (tertiary/aromatic N) is 1. The van der Waals surface area contributed by atoms with Crippen LogP contribution in [0.2, 0.25) is 9.49 Å². The first kappa shape index (κ1) is 13.5. The molecule has 0 spiro atoms. The fourth-order valence-electron chi connectivity index (χ4n) is 1.13. The van der Waals surface area contributed by atoms with Crippen LogP contribution in [-0.2, 0) is 10.0 Å². The molecule has 18 heavy (non-hydrogen) atoms. The Kier molecular flexibility index (Phi) is 3.76. The second kappa shape index (κ2) is 5.00. The van der Waals surface area contributed by atoms with Crippen molar-refractivity contribution >= 4 is 50.2 Å². The number of anilines is 1. The Balaban J connectivity index is 2.36. The van der Waals surface area contributed by atoms with E-state index in [2.05, 4.69) is 9.71 Å². The predicted octanol–water partition coefficient (Wildman–Crippen LogP) is 3.39. The topological polar surface area (TPSA) is 59.1 Å². The Bertz CT molecular complexity index is 688. The molecule has 1 heterocycles. The summed E-state index contributed by atoms with van der Waals surface area (Å²) in [7, 11) is -3.91. The molecule has 1 aromatic heterocycles. The fraction of sp³-hybridized carbons (Fsp3) is 0. The van der Waals surface area contributed by atoms with Crippen LogP contribution in [0.15, 0.2) is 28.6 Å². The predicted molar refractivity (Wildman–Crippen MR) is 69.3 cm³/mol. The summed E-state index contributed by atoms with van der Waals surface area (Å²) >= 11 is 12.0. The number of aromatic nitrogens is 1. The highest BCUT2D eigenvalue weighted by Gasteiger charge is 2.19. The Morgan fingerprint density at radius 3 is 2.67 bits per heavy atom. The molecule has 96 valence electrons. The van der Waals surface area contributed by atoms with Gasteiger partial charge < -0.3 is 0 Å². The average molecular weight is 327 g/mol. The molecule has 0 aliphatic carbocycles. The molecule has 0 saturated carbocycles. The fourth-order valence-corrected chi connectivity index (χ4v) is 3.66. The van der Waals surface area contributed by atoms with Crippen LogP contribution >= 0.6 is 34.5 Å². The zero-order valence-corrected chi connectivity index (χ0v) is 11.7. The second-order valence-electron chi connectivity index (χ2n) is 3.16. The lowest BCUT2D eigenvalue weighted by molar-refractivity contribution is 0.600. The highest BCUT2D eigenvalue weighted by molar-refractivity contribution is 7.94. The van der Waals surface area contributed by atoms with Crippen LogP contribution in [0.1, 0.15) is 0 Å². The van der Waals surface area contributed by atoms with E-state index in [4.69, 9.17) is 23.2 Å². The smallest absolute Gasteiger partial charge is 0.273 e. The molecule has 4 nitrogen and oxygen atoms in total. The zero-order chi connectivity index (χ0) is 13.3. The van der Waals surface area contributed by atoms with Gasteiger partial charge in [-0.05, 0) is 18.2 Å². The minimum Gasteiger partial charge on any atom is -0.276 e. The van der Waals surface area contributed by atoms with Gasteiger partial charge in [0.15, 0.2) is 8.68 Å². The summed E-state index contributed by atoms with van der Waals surface area (Å²) in [5.41, 5.74) is -0.230. The van der Waals surface area contributed by atoms with Crippen molar-refractivity contribution in [3.8, 4) is 0 Å². The number of nitrogens with one attached hydrogen (secondary N) is 1. The Morgan fingerprint density at radius 1 is 1.33 bits per heavy atom. The monoisotopic (exact) mass is 326 g/mol. The molecule has 1 N–H and O–H groups in total. The molecular formula is C9H5Cl2FN2O2S2. The standard InChI is InChI=1S/C9H5Cl2FN2O2S2/c10-5-1-2-6(12)7(3-5)14-18(15,16)8-4-13-9(11)17-8/h1-4,14H. The lowest BCUT2D eigenvalue weighted by atomic mass is 10.3. The molecule has 2 rings (SSSR count). The van der Waals surface area contributed by atoms with Crippen LogP contribution in [0.4, 0.5) is 10.1 Å². The number of rotatable bonds is 3. The van der Waals surface area contributed by atoms with E-state index < -0.39 is 15.8 Å². The maximum absolute atomic E-state index is 13.4. The number of sulfonamides is 1. The molecule has 0 aliphatic heterocycles. The first-order chi connectivity index (χ1) is 8.38. The Morgan fingerprint density at radius 2 is 2.06 bits per heavy atom. The van der Waals surface area contributed by atoms with Crippen LogP contribution in [0.3, 0.4) is 0 Å². The zero-order valence-electron chi connectivity index (χ0n) is 8.52. The number of benzene rings is 1. The van der Waals surface area contributed by atoms with Crippen molar-refractivity contribution in [2.24, 2.45) is 0 Å². The lowest BCUT2D eigenvalue weighted by Gasteiger charge is -2.07. The van der Waals surface area contributed by atoms with Gasteiger partial charge >= 0.3 is 0 Å². The third-order valence-corrected chi connectivity index (χ3v) is 5.07. The van der Waals surface area contributed by atoms with Crippen molar-refractivity contribution in [3.63, 3.8) is 0 Å². The van der Waals surface area contributed by atoms with Gasteiger partial charge in [-0.3, -0.25) is 4.72 Å². The molecule has 0 unspecified atom stereocenters. The molecule has 0 atom stereocenters. The molecule has 0 aliphatic rings. The van der Waals surface area contributed by atoms with Gasteiger partial charge in [0.25, 0.3) is 10.0 Å². The average Bonchev–Trinajstić information content (AvgIpc) is 2.71. The molecule has 0 radical (unpaired) electrons. The van der Waals surface area contributed by atoms with Gasteiger partial charge in [0, 0.05) is 5.02 Å². The van der Waals surface area contributed by atoms with Crippen LogP contribution in [0, 0.1) is 5.82 Å². The number of hydrogen-bond donors (Lipinski definition) is 1. The van der Waals surface area contributed by atoms with Crippen molar-refractivity contribution in [3.05, 3.63) is 39.7 Å². The molecule has 0 bridgehead atoms. The van der Waals surface area contributed by atoms with Gasteiger partial charge in [0.2, 0.25) is 0 Å². The first-order valence-corrected chi connectivity index (χ1v) is 7.53. The Labute approximate surface area is 116 Å². The minimum absolute atomic E-state index is 0.0851. The van der Waals surface area contributed by atoms with Crippen LogP contribution in [-0.4, -0.2) is 13.4 Å². The summed E-state index contributed by atoms with van der Waals surface area (Å²) in [5, 5.41) is 0.219. The van der Waals surface area contributed by atoms with E-state index in [-0.39, 0.29) is 19.4 Å².